The molecule has 2 heterocycles. The van der Waals surface area contributed by atoms with Crippen molar-refractivity contribution < 1.29 is 9.53 Å². The second-order valence-corrected chi connectivity index (χ2v) is 5.04. The highest BCUT2D eigenvalue weighted by molar-refractivity contribution is 5.78. The van der Waals surface area contributed by atoms with Crippen molar-refractivity contribution in [3.05, 3.63) is 0 Å². The number of ether oxygens (including phenoxy) is 1. The van der Waals surface area contributed by atoms with Crippen LogP contribution in [0.5, 0.6) is 0 Å². The van der Waals surface area contributed by atoms with Crippen LogP contribution in [0.1, 0.15) is 19.8 Å². The third-order valence-electron chi connectivity index (χ3n) is 3.93. The number of nitrogens with one attached hydrogen (secondary N) is 1. The normalized spacial score (nSPS) is 22.4. The summed E-state index contributed by atoms with van der Waals surface area (Å²) < 4.78 is 5.28. The van der Waals surface area contributed by atoms with E-state index in [-0.39, 0.29) is 5.91 Å². The molecule has 1 N–H and O–H groups in total. The Hall–Kier alpha value is -0.650. The summed E-state index contributed by atoms with van der Waals surface area (Å²) in [7, 11) is 0. The zero-order valence-electron chi connectivity index (χ0n) is 11.4. The van der Waals surface area contributed by atoms with E-state index in [0.29, 0.717) is 25.8 Å². The van der Waals surface area contributed by atoms with Crippen molar-refractivity contribution in [2.75, 3.05) is 52.5 Å². The quantitative estimate of drug-likeness (QED) is 0.763. The minimum Gasteiger partial charge on any atom is -0.378 e. The molecule has 104 valence electrons. The topological polar surface area (TPSA) is 44.8 Å². The van der Waals surface area contributed by atoms with Crippen molar-refractivity contribution in [3.8, 4) is 0 Å². The molecule has 0 radical (unpaired) electrons. The minimum atomic E-state index is 0.263. The van der Waals surface area contributed by atoms with E-state index in [4.69, 9.17) is 4.74 Å². The zero-order valence-corrected chi connectivity index (χ0v) is 11.4. The van der Waals surface area contributed by atoms with Crippen LogP contribution in [0, 0.1) is 0 Å². The van der Waals surface area contributed by atoms with E-state index in [0.717, 1.165) is 45.6 Å². The second-order valence-electron chi connectivity index (χ2n) is 5.04. The van der Waals surface area contributed by atoms with Crippen LogP contribution in [0.4, 0.5) is 0 Å². The maximum absolute atomic E-state index is 12.2. The fraction of sp³-hybridized carbons (Fsp3) is 0.923. The summed E-state index contributed by atoms with van der Waals surface area (Å²) in [5, 5.41) is 3.37. The highest BCUT2D eigenvalue weighted by Crippen LogP contribution is 2.12. The fourth-order valence-corrected chi connectivity index (χ4v) is 2.76. The summed E-state index contributed by atoms with van der Waals surface area (Å²) in [6, 6.07) is 0.571. The van der Waals surface area contributed by atoms with E-state index >= 15 is 0 Å². The maximum Gasteiger partial charge on any atom is 0.236 e. The molecule has 1 amide bonds. The average Bonchev–Trinajstić information content (AvgIpc) is 2.46. The van der Waals surface area contributed by atoms with Gasteiger partial charge in [0.25, 0.3) is 0 Å². The molecule has 0 atom stereocenters. The summed E-state index contributed by atoms with van der Waals surface area (Å²) in [6.45, 7) is 8.71. The first-order chi connectivity index (χ1) is 8.81. The third-order valence-corrected chi connectivity index (χ3v) is 3.93. The molecule has 18 heavy (non-hydrogen) atoms. The standard InChI is InChI=1S/C13H25N3O2/c1-2-15(12-3-5-14-6-4-12)11-13(17)16-7-9-18-10-8-16/h12,14H,2-11H2,1H3. The SMILES string of the molecule is CCN(CC(=O)N1CCOCC1)C1CCNCC1. The van der Waals surface area contributed by atoms with Gasteiger partial charge in [-0.25, -0.2) is 0 Å². The Morgan fingerprint density at radius 2 is 2.00 bits per heavy atom. The molecule has 0 aromatic rings. The van der Waals surface area contributed by atoms with Gasteiger partial charge in [0.05, 0.1) is 19.8 Å². The largest absolute Gasteiger partial charge is 0.378 e. The third kappa shape index (κ3) is 3.67. The van der Waals surface area contributed by atoms with Crippen molar-refractivity contribution in [1.82, 2.24) is 15.1 Å². The monoisotopic (exact) mass is 255 g/mol. The predicted molar refractivity (Wildman–Crippen MR) is 70.5 cm³/mol. The molecule has 2 aliphatic rings. The number of nitrogens with zero attached hydrogens (tertiary/aromatic N) is 2. The Morgan fingerprint density at radius 3 is 2.61 bits per heavy atom. The number of amides is 1. The number of rotatable bonds is 4. The Labute approximate surface area is 109 Å². The Morgan fingerprint density at radius 1 is 1.33 bits per heavy atom. The first kappa shape index (κ1) is 13.8. The second kappa shape index (κ2) is 7.07. The van der Waals surface area contributed by atoms with Crippen molar-refractivity contribution >= 4 is 5.91 Å². The van der Waals surface area contributed by atoms with Crippen LogP contribution in [-0.4, -0.2) is 74.2 Å². The van der Waals surface area contributed by atoms with Gasteiger partial charge >= 0.3 is 0 Å². The van der Waals surface area contributed by atoms with Crippen LogP contribution < -0.4 is 5.32 Å². The molecule has 2 rings (SSSR count). The van der Waals surface area contributed by atoms with Gasteiger partial charge in [-0.05, 0) is 32.5 Å². The van der Waals surface area contributed by atoms with Gasteiger partial charge in [0.15, 0.2) is 0 Å². The Bertz CT molecular complexity index is 261. The molecule has 0 saturated carbocycles. The zero-order chi connectivity index (χ0) is 12.8. The average molecular weight is 255 g/mol. The van der Waals surface area contributed by atoms with Gasteiger partial charge in [0, 0.05) is 19.1 Å². The van der Waals surface area contributed by atoms with Crippen LogP contribution in [0.2, 0.25) is 0 Å². The predicted octanol–water partition coefficient (Wildman–Crippen LogP) is -0.0809. The highest BCUT2D eigenvalue weighted by Gasteiger charge is 2.24. The molecule has 0 aromatic carbocycles. The van der Waals surface area contributed by atoms with E-state index in [2.05, 4.69) is 17.1 Å². The summed E-state index contributed by atoms with van der Waals surface area (Å²) in [4.78, 5) is 16.5. The number of morpholine rings is 1. The lowest BCUT2D eigenvalue weighted by Gasteiger charge is -2.35. The van der Waals surface area contributed by atoms with Gasteiger partial charge in [0.1, 0.15) is 0 Å². The molecular weight excluding hydrogens is 230 g/mol. The van der Waals surface area contributed by atoms with E-state index in [1.165, 1.54) is 0 Å². The Kier molecular flexibility index (Phi) is 5.41. The number of likely N-dealkylation sites (N-methyl/N-ethyl adjacent to an activating group) is 1. The van der Waals surface area contributed by atoms with Gasteiger partial charge < -0.3 is 15.0 Å². The van der Waals surface area contributed by atoms with Gasteiger partial charge in [-0.15, -0.1) is 0 Å². The summed E-state index contributed by atoms with van der Waals surface area (Å²) in [5.41, 5.74) is 0. The number of hydrogen-bond acceptors (Lipinski definition) is 4. The van der Waals surface area contributed by atoms with Gasteiger partial charge in [-0.1, -0.05) is 6.92 Å². The van der Waals surface area contributed by atoms with E-state index in [1.807, 2.05) is 4.90 Å². The first-order valence-electron chi connectivity index (χ1n) is 7.11. The first-order valence-corrected chi connectivity index (χ1v) is 7.11. The van der Waals surface area contributed by atoms with Crippen LogP contribution in [0.15, 0.2) is 0 Å². The fourth-order valence-electron chi connectivity index (χ4n) is 2.76. The number of hydrogen-bond donors (Lipinski definition) is 1. The van der Waals surface area contributed by atoms with Crippen molar-refractivity contribution in [2.45, 2.75) is 25.8 Å². The summed E-state index contributed by atoms with van der Waals surface area (Å²) >= 11 is 0. The number of carbonyl (C=O) groups excluding carboxylic acids is 1. The van der Waals surface area contributed by atoms with Crippen molar-refractivity contribution in [1.29, 1.82) is 0 Å². The smallest absolute Gasteiger partial charge is 0.236 e. The minimum absolute atomic E-state index is 0.263. The van der Waals surface area contributed by atoms with Gasteiger partial charge in [-0.2, -0.15) is 0 Å². The molecule has 2 aliphatic heterocycles. The molecule has 0 bridgehead atoms. The summed E-state index contributed by atoms with van der Waals surface area (Å²) in [5.74, 6) is 0.263. The summed E-state index contributed by atoms with van der Waals surface area (Å²) in [6.07, 6.45) is 2.31. The van der Waals surface area contributed by atoms with E-state index in [9.17, 15) is 4.79 Å². The lowest BCUT2D eigenvalue weighted by molar-refractivity contribution is -0.137. The molecule has 0 aliphatic carbocycles. The number of carbonyl (C=O) groups is 1. The van der Waals surface area contributed by atoms with Gasteiger partial charge in [0.2, 0.25) is 5.91 Å². The molecule has 2 saturated heterocycles. The molecule has 2 fully saturated rings. The van der Waals surface area contributed by atoms with E-state index < -0.39 is 0 Å². The van der Waals surface area contributed by atoms with Crippen LogP contribution >= 0.6 is 0 Å². The van der Waals surface area contributed by atoms with Crippen molar-refractivity contribution in [3.63, 3.8) is 0 Å². The van der Waals surface area contributed by atoms with Crippen LogP contribution in [0.25, 0.3) is 0 Å². The molecule has 5 nitrogen and oxygen atoms in total. The van der Waals surface area contributed by atoms with Crippen molar-refractivity contribution in [2.24, 2.45) is 0 Å². The number of piperidine rings is 1. The molecule has 0 aromatic heterocycles. The van der Waals surface area contributed by atoms with Gasteiger partial charge in [-0.3, -0.25) is 9.69 Å². The Balaban J connectivity index is 1.82. The van der Waals surface area contributed by atoms with E-state index in [1.54, 1.807) is 0 Å². The van der Waals surface area contributed by atoms with Crippen LogP contribution in [-0.2, 0) is 9.53 Å². The molecule has 5 heteroatoms. The molecular formula is C13H25N3O2. The molecule has 0 spiro atoms. The van der Waals surface area contributed by atoms with Crippen LogP contribution in [0.3, 0.4) is 0 Å². The lowest BCUT2D eigenvalue weighted by Crippen LogP contribution is -2.50. The lowest BCUT2D eigenvalue weighted by atomic mass is 10.0. The molecule has 0 unspecified atom stereocenters. The highest BCUT2D eigenvalue weighted by atomic mass is 16.5. The maximum atomic E-state index is 12.2.